The molecule has 3 atom stereocenters. The summed E-state index contributed by atoms with van der Waals surface area (Å²) in [5.41, 5.74) is 0. The van der Waals surface area contributed by atoms with Crippen LogP contribution in [0.4, 0.5) is 4.79 Å². The fourth-order valence-electron chi connectivity index (χ4n) is 2.15. The molecule has 0 bridgehead atoms. The molecule has 0 radical (unpaired) electrons. The van der Waals surface area contributed by atoms with Crippen molar-refractivity contribution in [3.05, 3.63) is 0 Å². The number of nitrogens with zero attached hydrogens (tertiary/aromatic N) is 1. The van der Waals surface area contributed by atoms with Crippen molar-refractivity contribution in [1.82, 2.24) is 10.2 Å². The lowest BCUT2D eigenvalue weighted by molar-refractivity contribution is -0.145. The van der Waals surface area contributed by atoms with Crippen LogP contribution in [0.3, 0.4) is 0 Å². The summed E-state index contributed by atoms with van der Waals surface area (Å²) in [4.78, 5) is 34.6. The Bertz CT molecular complexity index is 372. The number of carbonyl (C=O) groups excluding carboxylic acids is 1. The number of nitrogens with one attached hydrogen (secondary N) is 1. The average Bonchev–Trinajstić information content (AvgIpc) is 2.68. The van der Waals surface area contributed by atoms with Crippen molar-refractivity contribution in [3.8, 4) is 0 Å². The van der Waals surface area contributed by atoms with E-state index in [9.17, 15) is 19.5 Å². The van der Waals surface area contributed by atoms with E-state index < -0.39 is 30.4 Å². The van der Waals surface area contributed by atoms with Crippen molar-refractivity contribution in [1.29, 1.82) is 0 Å². The summed E-state index contributed by atoms with van der Waals surface area (Å²) >= 11 is 0. The molecule has 2 unspecified atom stereocenters. The first kappa shape index (κ1) is 15.2. The van der Waals surface area contributed by atoms with Gasteiger partial charge in [0.2, 0.25) is 0 Å². The highest BCUT2D eigenvalue weighted by Gasteiger charge is 2.35. The molecular formula is C11H18N2O6. The van der Waals surface area contributed by atoms with Gasteiger partial charge in [-0.15, -0.1) is 0 Å². The Morgan fingerprint density at radius 1 is 1.37 bits per heavy atom. The second-order valence-corrected chi connectivity index (χ2v) is 4.65. The van der Waals surface area contributed by atoms with Crippen molar-refractivity contribution in [2.45, 2.75) is 31.8 Å². The molecule has 4 N–H and O–H groups in total. The van der Waals surface area contributed by atoms with Gasteiger partial charge in [-0.2, -0.15) is 0 Å². The van der Waals surface area contributed by atoms with Crippen molar-refractivity contribution >= 4 is 18.0 Å². The quantitative estimate of drug-likeness (QED) is 0.526. The highest BCUT2D eigenvalue weighted by Crippen LogP contribution is 2.23. The maximum absolute atomic E-state index is 11.9. The van der Waals surface area contributed by atoms with Gasteiger partial charge < -0.3 is 25.5 Å². The predicted octanol–water partition coefficient (Wildman–Crippen LogP) is -0.673. The molecule has 8 nitrogen and oxygen atoms in total. The number of hydrogen-bond donors (Lipinski definition) is 4. The molecule has 1 saturated heterocycles. The molecule has 1 rings (SSSR count). The zero-order valence-electron chi connectivity index (χ0n) is 10.6. The summed E-state index contributed by atoms with van der Waals surface area (Å²) in [5, 5.41) is 28.8. The van der Waals surface area contributed by atoms with Crippen LogP contribution in [-0.2, 0) is 9.59 Å². The SMILES string of the molecule is CC1CCN(C(=O)N[C@@H](CC(=O)O)C(=O)O)C1CO. The van der Waals surface area contributed by atoms with Crippen LogP contribution in [0, 0.1) is 5.92 Å². The van der Waals surface area contributed by atoms with Gasteiger partial charge in [-0.05, 0) is 12.3 Å². The summed E-state index contributed by atoms with van der Waals surface area (Å²) in [6.07, 6.45) is 0.0313. The van der Waals surface area contributed by atoms with Crippen LogP contribution in [0.5, 0.6) is 0 Å². The largest absolute Gasteiger partial charge is 0.481 e. The van der Waals surface area contributed by atoms with Crippen LogP contribution < -0.4 is 5.32 Å². The summed E-state index contributed by atoms with van der Waals surface area (Å²) in [6.45, 7) is 2.10. The molecule has 1 fully saturated rings. The first-order valence-electron chi connectivity index (χ1n) is 5.99. The molecule has 0 spiro atoms. The molecule has 0 saturated carbocycles. The monoisotopic (exact) mass is 274 g/mol. The molecular weight excluding hydrogens is 256 g/mol. The van der Waals surface area contributed by atoms with Crippen LogP contribution in [0.2, 0.25) is 0 Å². The maximum atomic E-state index is 11.9. The normalized spacial score (nSPS) is 24.0. The van der Waals surface area contributed by atoms with E-state index in [1.165, 1.54) is 4.90 Å². The third kappa shape index (κ3) is 3.82. The van der Waals surface area contributed by atoms with Crippen molar-refractivity contribution in [3.63, 3.8) is 0 Å². The van der Waals surface area contributed by atoms with Gasteiger partial charge in [0.25, 0.3) is 0 Å². The van der Waals surface area contributed by atoms with Gasteiger partial charge in [-0.1, -0.05) is 6.92 Å². The Morgan fingerprint density at radius 3 is 2.47 bits per heavy atom. The first-order valence-corrected chi connectivity index (χ1v) is 5.99. The first-order chi connectivity index (χ1) is 8.86. The second-order valence-electron chi connectivity index (χ2n) is 4.65. The third-order valence-electron chi connectivity index (χ3n) is 3.30. The second kappa shape index (κ2) is 6.37. The number of rotatable bonds is 5. The lowest BCUT2D eigenvalue weighted by atomic mass is 10.0. The third-order valence-corrected chi connectivity index (χ3v) is 3.30. The van der Waals surface area contributed by atoms with E-state index in [1.807, 2.05) is 6.92 Å². The van der Waals surface area contributed by atoms with Crippen LogP contribution in [-0.4, -0.2) is 63.4 Å². The number of likely N-dealkylation sites (tertiary alicyclic amines) is 1. The van der Waals surface area contributed by atoms with Crippen LogP contribution >= 0.6 is 0 Å². The van der Waals surface area contributed by atoms with Gasteiger partial charge in [-0.25, -0.2) is 9.59 Å². The lowest BCUT2D eigenvalue weighted by Gasteiger charge is -2.26. The van der Waals surface area contributed by atoms with Gasteiger partial charge in [0.15, 0.2) is 0 Å². The summed E-state index contributed by atoms with van der Waals surface area (Å²) in [7, 11) is 0. The Morgan fingerprint density at radius 2 is 2.00 bits per heavy atom. The Labute approximate surface area is 110 Å². The molecule has 0 aromatic rings. The van der Waals surface area contributed by atoms with Crippen LogP contribution in [0.25, 0.3) is 0 Å². The van der Waals surface area contributed by atoms with Crippen molar-refractivity contribution in [2.24, 2.45) is 5.92 Å². The molecule has 108 valence electrons. The van der Waals surface area contributed by atoms with E-state index in [4.69, 9.17) is 10.2 Å². The highest BCUT2D eigenvalue weighted by molar-refractivity contribution is 5.86. The predicted molar refractivity (Wildman–Crippen MR) is 63.6 cm³/mol. The van der Waals surface area contributed by atoms with Gasteiger partial charge in [-0.3, -0.25) is 4.79 Å². The lowest BCUT2D eigenvalue weighted by Crippen LogP contribution is -2.51. The number of aliphatic hydroxyl groups is 1. The Kier molecular flexibility index (Phi) is 5.11. The van der Waals surface area contributed by atoms with E-state index in [-0.39, 0.29) is 18.6 Å². The number of hydrogen-bond acceptors (Lipinski definition) is 4. The average molecular weight is 274 g/mol. The number of aliphatic hydroxyl groups excluding tert-OH is 1. The summed E-state index contributed by atoms with van der Waals surface area (Å²) in [6, 6.07) is -2.49. The number of aliphatic carboxylic acids is 2. The number of urea groups is 1. The zero-order chi connectivity index (χ0) is 14.6. The van der Waals surface area contributed by atoms with E-state index >= 15 is 0 Å². The fraction of sp³-hybridized carbons (Fsp3) is 0.727. The summed E-state index contributed by atoms with van der Waals surface area (Å²) < 4.78 is 0. The number of carboxylic acid groups (broad SMARTS) is 2. The Hall–Kier alpha value is -1.83. The minimum absolute atomic E-state index is 0.124. The Balaban J connectivity index is 2.66. The van der Waals surface area contributed by atoms with E-state index in [1.54, 1.807) is 0 Å². The number of carboxylic acids is 2. The topological polar surface area (TPSA) is 127 Å². The number of amides is 2. The maximum Gasteiger partial charge on any atom is 0.326 e. The molecule has 1 heterocycles. The van der Waals surface area contributed by atoms with E-state index in [0.29, 0.717) is 6.54 Å². The standard InChI is InChI=1S/C11H18N2O6/c1-6-2-3-13(8(6)5-14)11(19)12-7(10(17)18)4-9(15)16/h6-8,14H,2-5H2,1H3,(H,12,19)(H,15,16)(H,17,18)/t6?,7-,8?/m0/s1. The molecule has 2 amide bonds. The van der Waals surface area contributed by atoms with Crippen molar-refractivity contribution in [2.75, 3.05) is 13.2 Å². The van der Waals surface area contributed by atoms with Crippen LogP contribution in [0.15, 0.2) is 0 Å². The van der Waals surface area contributed by atoms with Gasteiger partial charge in [0.1, 0.15) is 6.04 Å². The van der Waals surface area contributed by atoms with Gasteiger partial charge in [0.05, 0.1) is 19.1 Å². The summed E-state index contributed by atoms with van der Waals surface area (Å²) in [5.74, 6) is -2.58. The minimum Gasteiger partial charge on any atom is -0.481 e. The molecule has 19 heavy (non-hydrogen) atoms. The van der Waals surface area contributed by atoms with Crippen LogP contribution in [0.1, 0.15) is 19.8 Å². The highest BCUT2D eigenvalue weighted by atomic mass is 16.4. The smallest absolute Gasteiger partial charge is 0.326 e. The van der Waals surface area contributed by atoms with E-state index in [0.717, 1.165) is 6.42 Å². The fourth-order valence-corrected chi connectivity index (χ4v) is 2.15. The van der Waals surface area contributed by atoms with Gasteiger partial charge >= 0.3 is 18.0 Å². The van der Waals surface area contributed by atoms with E-state index in [2.05, 4.69) is 5.32 Å². The number of carbonyl (C=O) groups is 3. The minimum atomic E-state index is -1.47. The molecule has 1 aliphatic heterocycles. The molecule has 0 aliphatic carbocycles. The molecule has 0 aromatic carbocycles. The van der Waals surface area contributed by atoms with Crippen molar-refractivity contribution < 1.29 is 29.7 Å². The molecule has 0 aromatic heterocycles. The zero-order valence-corrected chi connectivity index (χ0v) is 10.6. The van der Waals surface area contributed by atoms with Gasteiger partial charge in [0, 0.05) is 6.54 Å². The molecule has 8 heteroatoms. The molecule has 1 aliphatic rings.